The van der Waals surface area contributed by atoms with Crippen LogP contribution in [0.25, 0.3) is 94.6 Å². The quantitative estimate of drug-likeness (QED) is 0.157. The maximum absolute atomic E-state index is 8.36. The van der Waals surface area contributed by atoms with Gasteiger partial charge >= 0.3 is 0 Å². The molecule has 0 bridgehead atoms. The van der Waals surface area contributed by atoms with Crippen LogP contribution in [-0.4, -0.2) is 15.0 Å². The summed E-state index contributed by atoms with van der Waals surface area (Å²) in [5.74, 6) is 1.78. The van der Waals surface area contributed by atoms with Gasteiger partial charge in [0, 0.05) is 16.7 Å². The van der Waals surface area contributed by atoms with Gasteiger partial charge in [0.25, 0.3) is 0 Å². The van der Waals surface area contributed by atoms with Gasteiger partial charge in [0.05, 0.1) is 12.0 Å². The minimum Gasteiger partial charge on any atom is -0.238 e. The first-order chi connectivity index (χ1) is 31.2. The first-order valence-electron chi connectivity index (χ1n) is 21.2. The molecule has 292 valence electrons. The Kier molecular flexibility index (Phi) is 8.42. The van der Waals surface area contributed by atoms with E-state index in [2.05, 4.69) is 199 Å². The Morgan fingerprint density at radius 2 is 0.698 bits per heavy atom. The van der Waals surface area contributed by atoms with Crippen LogP contribution in [0.3, 0.4) is 0 Å². The van der Waals surface area contributed by atoms with E-state index in [9.17, 15) is 0 Å². The molecule has 0 saturated heterocycles. The Bertz CT molecular complexity index is 3290. The second-order valence-electron chi connectivity index (χ2n) is 16.1. The molecule has 0 unspecified atom stereocenters. The molecular formula is C59H36N4. The van der Waals surface area contributed by atoms with Crippen LogP contribution < -0.4 is 0 Å². The van der Waals surface area contributed by atoms with Crippen LogP contribution in [0, 0.1) is 6.57 Å². The normalized spacial score (nSPS) is 12.6. The summed E-state index contributed by atoms with van der Waals surface area (Å²) in [5, 5.41) is 0. The minimum absolute atomic E-state index is 0.584. The lowest BCUT2D eigenvalue weighted by molar-refractivity contribution is 0.796. The van der Waals surface area contributed by atoms with Gasteiger partial charge in [-0.15, -0.1) is 0 Å². The molecule has 0 fully saturated rings. The highest BCUT2D eigenvalue weighted by molar-refractivity contribution is 6.03. The number of fused-ring (bicyclic) bond motifs is 10. The lowest BCUT2D eigenvalue weighted by atomic mass is 9.68. The molecule has 0 aliphatic heterocycles. The highest BCUT2D eigenvalue weighted by Crippen LogP contribution is 2.66. The van der Waals surface area contributed by atoms with E-state index in [1.165, 1.54) is 27.8 Å². The molecule has 2 aliphatic carbocycles. The van der Waals surface area contributed by atoms with E-state index in [4.69, 9.17) is 21.5 Å². The molecule has 2 aliphatic rings. The summed E-state index contributed by atoms with van der Waals surface area (Å²) < 4.78 is 0. The summed E-state index contributed by atoms with van der Waals surface area (Å²) in [5.41, 5.74) is 18.6. The fraction of sp³-hybridized carbons (Fsp3) is 0.0169. The Morgan fingerprint density at radius 1 is 0.302 bits per heavy atom. The largest absolute Gasteiger partial charge is 0.238 e. The zero-order valence-electron chi connectivity index (χ0n) is 34.1. The number of rotatable bonds is 6. The van der Waals surface area contributed by atoms with E-state index in [1.807, 2.05) is 24.3 Å². The number of nitrogens with zero attached hydrogens (tertiary/aromatic N) is 4. The van der Waals surface area contributed by atoms with Crippen molar-refractivity contribution in [3.63, 3.8) is 0 Å². The van der Waals surface area contributed by atoms with Gasteiger partial charge in [0.2, 0.25) is 0 Å². The van der Waals surface area contributed by atoms with Gasteiger partial charge in [-0.05, 0) is 77.9 Å². The average molecular weight is 801 g/mol. The fourth-order valence-corrected chi connectivity index (χ4v) is 10.1. The van der Waals surface area contributed by atoms with E-state index < -0.39 is 5.41 Å². The zero-order valence-corrected chi connectivity index (χ0v) is 34.1. The van der Waals surface area contributed by atoms with Gasteiger partial charge in [-0.2, -0.15) is 0 Å². The van der Waals surface area contributed by atoms with Crippen molar-refractivity contribution in [2.75, 3.05) is 0 Å². The monoisotopic (exact) mass is 800 g/mol. The minimum atomic E-state index is -0.654. The second kappa shape index (κ2) is 14.6. The van der Waals surface area contributed by atoms with Gasteiger partial charge in [-0.3, -0.25) is 0 Å². The molecule has 0 radical (unpaired) electrons. The molecule has 0 atom stereocenters. The molecule has 9 aromatic carbocycles. The maximum Gasteiger partial charge on any atom is 0.195 e. The van der Waals surface area contributed by atoms with Crippen LogP contribution in [0.15, 0.2) is 218 Å². The van der Waals surface area contributed by atoms with Crippen molar-refractivity contribution in [1.29, 1.82) is 0 Å². The molecule has 1 spiro atoms. The molecule has 4 nitrogen and oxygen atoms in total. The van der Waals surface area contributed by atoms with Gasteiger partial charge in [-0.1, -0.05) is 218 Å². The van der Waals surface area contributed by atoms with E-state index in [0.717, 1.165) is 66.8 Å². The molecule has 4 heteroatoms. The number of hydrogen-bond acceptors (Lipinski definition) is 3. The first kappa shape index (κ1) is 36.3. The van der Waals surface area contributed by atoms with Gasteiger partial charge in [0.15, 0.2) is 23.2 Å². The van der Waals surface area contributed by atoms with Crippen molar-refractivity contribution in [1.82, 2.24) is 15.0 Å². The molecule has 1 heterocycles. The third-order valence-electron chi connectivity index (χ3n) is 12.8. The summed E-state index contributed by atoms with van der Waals surface area (Å²) in [4.78, 5) is 19.9. The molecule has 1 aromatic heterocycles. The van der Waals surface area contributed by atoms with Crippen molar-refractivity contribution >= 4 is 5.69 Å². The van der Waals surface area contributed by atoms with E-state index in [0.29, 0.717) is 23.2 Å². The molecule has 10 aromatic rings. The molecular weight excluding hydrogens is 765 g/mol. The van der Waals surface area contributed by atoms with Crippen LogP contribution in [-0.2, 0) is 5.41 Å². The van der Waals surface area contributed by atoms with Crippen molar-refractivity contribution in [2.45, 2.75) is 5.41 Å². The summed E-state index contributed by atoms with van der Waals surface area (Å²) in [6.45, 7) is 8.36. The first-order valence-corrected chi connectivity index (χ1v) is 21.2. The highest BCUT2D eigenvalue weighted by atomic mass is 15.0. The predicted octanol–water partition coefficient (Wildman–Crippen LogP) is 14.8. The standard InChI is InChI=1S/C59H36N4/c1-60-53-29-15-28-52-54(53)49-25-14-24-47(55(49)59(52)50-26-12-10-21-45(50)46-22-11-13-27-51(46)59)44-20-8-9-23-48(44)58-62-56(42-34-30-40(31-35-42)38-16-4-2-5-17-38)61-57(63-58)43-36-32-41(33-37-43)39-18-6-3-7-19-39/h2-37H. The number of benzene rings is 9. The average Bonchev–Trinajstić information content (AvgIpc) is 3.84. The molecule has 63 heavy (non-hydrogen) atoms. The number of hydrogen-bond donors (Lipinski definition) is 0. The topological polar surface area (TPSA) is 43.0 Å². The molecule has 0 amide bonds. The fourth-order valence-electron chi connectivity index (χ4n) is 10.1. The lowest BCUT2D eigenvalue weighted by Gasteiger charge is -2.32. The zero-order chi connectivity index (χ0) is 41.9. The molecule has 0 N–H and O–H groups in total. The van der Waals surface area contributed by atoms with Crippen LogP contribution in [0.1, 0.15) is 22.3 Å². The third-order valence-corrected chi connectivity index (χ3v) is 12.8. The van der Waals surface area contributed by atoms with Gasteiger partial charge in [0.1, 0.15) is 0 Å². The summed E-state index contributed by atoms with van der Waals surface area (Å²) in [7, 11) is 0. The third kappa shape index (κ3) is 5.64. The van der Waals surface area contributed by atoms with Crippen molar-refractivity contribution in [3.05, 3.63) is 252 Å². The Balaban J connectivity index is 1.08. The van der Waals surface area contributed by atoms with Crippen molar-refractivity contribution in [2.24, 2.45) is 0 Å². The summed E-state index contributed by atoms with van der Waals surface area (Å²) in [6.07, 6.45) is 0. The van der Waals surface area contributed by atoms with Gasteiger partial charge < -0.3 is 0 Å². The highest BCUT2D eigenvalue weighted by Gasteiger charge is 2.53. The van der Waals surface area contributed by atoms with E-state index in [-0.39, 0.29) is 0 Å². The Morgan fingerprint density at radius 3 is 1.25 bits per heavy atom. The smallest absolute Gasteiger partial charge is 0.195 e. The van der Waals surface area contributed by atoms with Crippen LogP contribution in [0.2, 0.25) is 0 Å². The lowest BCUT2D eigenvalue weighted by Crippen LogP contribution is -2.26. The van der Waals surface area contributed by atoms with Crippen LogP contribution in [0.4, 0.5) is 5.69 Å². The Hall–Kier alpha value is -8.52. The maximum atomic E-state index is 8.36. The van der Waals surface area contributed by atoms with Crippen LogP contribution >= 0.6 is 0 Å². The summed E-state index contributed by atoms with van der Waals surface area (Å²) in [6, 6.07) is 76.6. The van der Waals surface area contributed by atoms with Gasteiger partial charge in [-0.25, -0.2) is 19.8 Å². The second-order valence-corrected chi connectivity index (χ2v) is 16.1. The molecule has 0 saturated carbocycles. The van der Waals surface area contributed by atoms with Crippen molar-refractivity contribution < 1.29 is 0 Å². The van der Waals surface area contributed by atoms with E-state index in [1.54, 1.807) is 0 Å². The molecule has 12 rings (SSSR count). The van der Waals surface area contributed by atoms with E-state index >= 15 is 0 Å². The predicted molar refractivity (Wildman–Crippen MR) is 255 cm³/mol. The van der Waals surface area contributed by atoms with Crippen LogP contribution in [0.5, 0.6) is 0 Å². The Labute approximate surface area is 366 Å². The summed E-state index contributed by atoms with van der Waals surface area (Å²) >= 11 is 0. The van der Waals surface area contributed by atoms with Crippen molar-refractivity contribution in [3.8, 4) is 89.8 Å². The SMILES string of the molecule is [C-]#[N+]c1cccc2c1-c1cccc(-c3ccccc3-c3nc(-c4ccc(-c5ccccc5)cc4)nc(-c4ccc(-c5ccccc5)cc4)n3)c1C21c2ccccc2-c2ccccc21. The number of aromatic nitrogens is 3.